The van der Waals surface area contributed by atoms with Crippen LogP contribution in [0.5, 0.6) is 0 Å². The molecule has 0 bridgehead atoms. The first kappa shape index (κ1) is 13.0. The summed E-state index contributed by atoms with van der Waals surface area (Å²) in [5, 5.41) is 5.30. The molecule has 3 rings (SSSR count). The molecule has 3 nitrogen and oxygen atoms in total. The van der Waals surface area contributed by atoms with Crippen molar-refractivity contribution in [3.8, 4) is 0 Å². The molecule has 0 aliphatic heterocycles. The number of aryl methyl sites for hydroxylation is 2. The Morgan fingerprint density at radius 3 is 2.70 bits per heavy atom. The molecule has 0 amide bonds. The van der Waals surface area contributed by atoms with E-state index in [0.717, 1.165) is 21.6 Å². The van der Waals surface area contributed by atoms with Crippen molar-refractivity contribution < 1.29 is 4.39 Å². The van der Waals surface area contributed by atoms with Crippen LogP contribution in [0.2, 0.25) is 0 Å². The number of fused-ring (bicyclic) bond motifs is 1. The molecule has 0 fully saturated rings. The van der Waals surface area contributed by atoms with Gasteiger partial charge < -0.3 is 5.32 Å². The van der Waals surface area contributed by atoms with Gasteiger partial charge >= 0.3 is 0 Å². The van der Waals surface area contributed by atoms with Gasteiger partial charge in [0.25, 0.3) is 0 Å². The van der Waals surface area contributed by atoms with Crippen LogP contribution in [0, 0.1) is 19.7 Å². The molecule has 20 heavy (non-hydrogen) atoms. The SMILES string of the molecule is Cc1cc(CNc2ncnc3ccsc23)cc(C)c1F. The summed E-state index contributed by atoms with van der Waals surface area (Å²) in [6, 6.07) is 5.70. The topological polar surface area (TPSA) is 37.8 Å². The van der Waals surface area contributed by atoms with Crippen molar-refractivity contribution in [2.45, 2.75) is 20.4 Å². The monoisotopic (exact) mass is 287 g/mol. The molecule has 0 radical (unpaired) electrons. The Labute approximate surface area is 120 Å². The number of aromatic nitrogens is 2. The van der Waals surface area contributed by atoms with Gasteiger partial charge in [0, 0.05) is 6.54 Å². The van der Waals surface area contributed by atoms with Crippen molar-refractivity contribution in [2.24, 2.45) is 0 Å². The average molecular weight is 287 g/mol. The number of nitrogens with one attached hydrogen (secondary N) is 1. The van der Waals surface area contributed by atoms with E-state index in [1.165, 1.54) is 0 Å². The maximum absolute atomic E-state index is 13.6. The van der Waals surface area contributed by atoms with E-state index in [-0.39, 0.29) is 5.82 Å². The zero-order chi connectivity index (χ0) is 14.1. The minimum atomic E-state index is -0.128. The smallest absolute Gasteiger partial charge is 0.147 e. The Balaban J connectivity index is 1.85. The summed E-state index contributed by atoms with van der Waals surface area (Å²) >= 11 is 1.61. The molecule has 2 heterocycles. The van der Waals surface area contributed by atoms with Crippen molar-refractivity contribution in [1.29, 1.82) is 0 Å². The third-order valence-corrected chi connectivity index (χ3v) is 4.11. The first-order chi connectivity index (χ1) is 9.65. The zero-order valence-electron chi connectivity index (χ0n) is 11.3. The van der Waals surface area contributed by atoms with Crippen LogP contribution in [0.4, 0.5) is 10.2 Å². The van der Waals surface area contributed by atoms with Gasteiger partial charge in [0.05, 0.1) is 10.2 Å². The van der Waals surface area contributed by atoms with E-state index < -0.39 is 0 Å². The van der Waals surface area contributed by atoms with Crippen molar-refractivity contribution >= 4 is 27.4 Å². The Bertz CT molecular complexity index is 744. The van der Waals surface area contributed by atoms with Crippen molar-refractivity contribution in [2.75, 3.05) is 5.32 Å². The van der Waals surface area contributed by atoms with Crippen LogP contribution in [0.15, 0.2) is 29.9 Å². The molecule has 0 aliphatic rings. The van der Waals surface area contributed by atoms with E-state index >= 15 is 0 Å². The molecule has 0 saturated carbocycles. The fourth-order valence-corrected chi connectivity index (χ4v) is 3.05. The number of halogens is 1. The molecular weight excluding hydrogens is 273 g/mol. The van der Waals surface area contributed by atoms with Gasteiger partial charge in [-0.1, -0.05) is 12.1 Å². The van der Waals surface area contributed by atoms with Gasteiger partial charge in [-0.2, -0.15) is 0 Å². The van der Waals surface area contributed by atoms with E-state index in [1.54, 1.807) is 31.5 Å². The first-order valence-electron chi connectivity index (χ1n) is 6.33. The maximum atomic E-state index is 13.6. The van der Waals surface area contributed by atoms with Gasteiger partial charge in [0.1, 0.15) is 18.0 Å². The van der Waals surface area contributed by atoms with Gasteiger partial charge in [0.15, 0.2) is 0 Å². The molecule has 0 spiro atoms. The van der Waals surface area contributed by atoms with Crippen LogP contribution < -0.4 is 5.32 Å². The molecule has 0 unspecified atom stereocenters. The lowest BCUT2D eigenvalue weighted by Crippen LogP contribution is -2.03. The molecule has 0 atom stereocenters. The van der Waals surface area contributed by atoms with E-state index in [1.807, 2.05) is 23.6 Å². The van der Waals surface area contributed by atoms with Crippen LogP contribution in [0.1, 0.15) is 16.7 Å². The van der Waals surface area contributed by atoms with E-state index in [9.17, 15) is 4.39 Å². The molecule has 2 aromatic heterocycles. The van der Waals surface area contributed by atoms with E-state index in [4.69, 9.17) is 0 Å². The second-order valence-corrected chi connectivity index (χ2v) is 5.67. The molecule has 0 saturated heterocycles. The zero-order valence-corrected chi connectivity index (χ0v) is 12.1. The lowest BCUT2D eigenvalue weighted by Gasteiger charge is -2.09. The first-order valence-corrected chi connectivity index (χ1v) is 7.21. The molecule has 1 N–H and O–H groups in total. The summed E-state index contributed by atoms with van der Waals surface area (Å²) in [5.74, 6) is 0.695. The molecule has 0 aliphatic carbocycles. The van der Waals surface area contributed by atoms with Crippen LogP contribution in [-0.4, -0.2) is 9.97 Å². The van der Waals surface area contributed by atoms with Gasteiger partial charge in [-0.05, 0) is 42.0 Å². The minimum Gasteiger partial charge on any atom is -0.365 e. The van der Waals surface area contributed by atoms with Crippen LogP contribution in [-0.2, 0) is 6.54 Å². The molecule has 102 valence electrons. The molecule has 3 aromatic rings. The maximum Gasteiger partial charge on any atom is 0.147 e. The standard InChI is InChI=1S/C15H14FN3S/c1-9-5-11(6-10(2)13(9)16)7-17-15-14-12(3-4-20-14)18-8-19-15/h3-6,8H,7H2,1-2H3,(H,17,18,19). The van der Waals surface area contributed by atoms with E-state index in [0.29, 0.717) is 17.7 Å². The second kappa shape index (κ2) is 5.17. The second-order valence-electron chi connectivity index (χ2n) is 4.75. The summed E-state index contributed by atoms with van der Waals surface area (Å²) in [5.41, 5.74) is 3.33. The summed E-state index contributed by atoms with van der Waals surface area (Å²) < 4.78 is 14.6. The molecule has 5 heteroatoms. The Morgan fingerprint density at radius 2 is 1.95 bits per heavy atom. The Hall–Kier alpha value is -2.01. The van der Waals surface area contributed by atoms with Gasteiger partial charge in [-0.15, -0.1) is 11.3 Å². The van der Waals surface area contributed by atoms with Gasteiger partial charge in [0.2, 0.25) is 0 Å². The summed E-state index contributed by atoms with van der Waals surface area (Å²) in [6.07, 6.45) is 1.55. The minimum absolute atomic E-state index is 0.128. The molecule has 1 aromatic carbocycles. The number of nitrogens with zero attached hydrogens (tertiary/aromatic N) is 2. The fourth-order valence-electron chi connectivity index (χ4n) is 2.24. The Morgan fingerprint density at radius 1 is 1.20 bits per heavy atom. The highest BCUT2D eigenvalue weighted by Gasteiger charge is 2.07. The number of anilines is 1. The quantitative estimate of drug-likeness (QED) is 0.789. The lowest BCUT2D eigenvalue weighted by molar-refractivity contribution is 0.608. The highest BCUT2D eigenvalue weighted by Crippen LogP contribution is 2.25. The summed E-state index contributed by atoms with van der Waals surface area (Å²) in [6.45, 7) is 4.19. The van der Waals surface area contributed by atoms with Crippen molar-refractivity contribution in [1.82, 2.24) is 9.97 Å². The molecular formula is C15H14FN3S. The number of rotatable bonds is 3. The summed E-state index contributed by atoms with van der Waals surface area (Å²) in [4.78, 5) is 8.48. The van der Waals surface area contributed by atoms with Crippen LogP contribution >= 0.6 is 11.3 Å². The van der Waals surface area contributed by atoms with Gasteiger partial charge in [-0.3, -0.25) is 0 Å². The van der Waals surface area contributed by atoms with Crippen LogP contribution in [0.25, 0.3) is 10.2 Å². The number of hydrogen-bond acceptors (Lipinski definition) is 4. The highest BCUT2D eigenvalue weighted by atomic mass is 32.1. The third kappa shape index (κ3) is 2.36. The van der Waals surface area contributed by atoms with Gasteiger partial charge in [-0.25, -0.2) is 14.4 Å². The number of hydrogen-bond donors (Lipinski definition) is 1. The average Bonchev–Trinajstić information content (AvgIpc) is 2.91. The normalized spacial score (nSPS) is 10.9. The van der Waals surface area contributed by atoms with Crippen molar-refractivity contribution in [3.63, 3.8) is 0 Å². The Kier molecular flexibility index (Phi) is 3.36. The highest BCUT2D eigenvalue weighted by molar-refractivity contribution is 7.17. The number of benzene rings is 1. The summed E-state index contributed by atoms with van der Waals surface area (Å²) in [7, 11) is 0. The predicted molar refractivity (Wildman–Crippen MR) is 80.6 cm³/mol. The fraction of sp³-hybridized carbons (Fsp3) is 0.200. The van der Waals surface area contributed by atoms with E-state index in [2.05, 4.69) is 15.3 Å². The number of thiophene rings is 1. The third-order valence-electron chi connectivity index (χ3n) is 3.20. The van der Waals surface area contributed by atoms with Crippen LogP contribution in [0.3, 0.4) is 0 Å². The lowest BCUT2D eigenvalue weighted by atomic mass is 10.1. The van der Waals surface area contributed by atoms with Crippen molar-refractivity contribution in [3.05, 3.63) is 52.4 Å². The predicted octanol–water partition coefficient (Wildman–Crippen LogP) is 4.06. The largest absolute Gasteiger partial charge is 0.365 e.